The summed E-state index contributed by atoms with van der Waals surface area (Å²) in [5.74, 6) is -0.410. The average Bonchev–Trinajstić information content (AvgIpc) is 2.51. The number of primary amides is 1. The highest BCUT2D eigenvalue weighted by atomic mass is 16.5. The number of carbonyl (C=O) groups excluding carboxylic acids is 2. The van der Waals surface area contributed by atoms with Crippen molar-refractivity contribution in [3.8, 4) is 0 Å². The molecule has 1 aliphatic heterocycles. The number of likely N-dealkylation sites (tertiary alicyclic amines) is 1. The van der Waals surface area contributed by atoms with E-state index in [2.05, 4.69) is 0 Å². The number of carbonyl (C=O) groups is 2. The Labute approximate surface area is 83.2 Å². The molecule has 1 saturated heterocycles. The number of hydrogen-bond acceptors (Lipinski definition) is 3. The van der Waals surface area contributed by atoms with Crippen molar-refractivity contribution in [2.45, 2.75) is 25.8 Å². The van der Waals surface area contributed by atoms with Gasteiger partial charge >= 0.3 is 0 Å². The molecule has 0 spiro atoms. The molecule has 5 nitrogen and oxygen atoms in total. The van der Waals surface area contributed by atoms with Gasteiger partial charge in [-0.05, 0) is 12.8 Å². The average molecular weight is 200 g/mol. The minimum Gasteiger partial charge on any atom is -0.370 e. The van der Waals surface area contributed by atoms with Crippen LogP contribution >= 0.6 is 0 Å². The van der Waals surface area contributed by atoms with Crippen LogP contribution in [-0.2, 0) is 14.3 Å². The zero-order valence-electron chi connectivity index (χ0n) is 8.36. The van der Waals surface area contributed by atoms with E-state index in [1.165, 1.54) is 0 Å². The largest absolute Gasteiger partial charge is 0.370 e. The van der Waals surface area contributed by atoms with Crippen LogP contribution in [0.1, 0.15) is 19.8 Å². The van der Waals surface area contributed by atoms with E-state index in [1.54, 1.807) is 11.8 Å². The number of hydrogen-bond donors (Lipinski definition) is 1. The van der Waals surface area contributed by atoms with Crippen LogP contribution in [-0.4, -0.2) is 42.5 Å². The Morgan fingerprint density at radius 3 is 2.86 bits per heavy atom. The smallest absolute Gasteiger partial charge is 0.243 e. The van der Waals surface area contributed by atoms with Crippen LogP contribution < -0.4 is 5.73 Å². The van der Waals surface area contributed by atoms with Crippen LogP contribution in [0.2, 0.25) is 0 Å². The summed E-state index contributed by atoms with van der Waals surface area (Å²) in [6.07, 6.45) is 1.95. The minimum atomic E-state index is -0.475. The zero-order chi connectivity index (χ0) is 10.6. The first-order valence-corrected chi connectivity index (χ1v) is 4.74. The summed E-state index contributed by atoms with van der Waals surface area (Å²) in [6, 6.07) is 0.117. The third-order valence-corrected chi connectivity index (χ3v) is 2.34. The Balaban J connectivity index is 2.29. The highest BCUT2D eigenvalue weighted by molar-refractivity contribution is 5.75. The van der Waals surface area contributed by atoms with E-state index < -0.39 is 5.91 Å². The highest BCUT2D eigenvalue weighted by Gasteiger charge is 2.26. The van der Waals surface area contributed by atoms with Gasteiger partial charge < -0.3 is 15.4 Å². The summed E-state index contributed by atoms with van der Waals surface area (Å²) in [5, 5.41) is 0. The van der Waals surface area contributed by atoms with E-state index in [4.69, 9.17) is 10.5 Å². The van der Waals surface area contributed by atoms with Gasteiger partial charge in [-0.25, -0.2) is 0 Å². The fourth-order valence-electron chi connectivity index (χ4n) is 1.72. The summed E-state index contributed by atoms with van der Waals surface area (Å²) in [5.41, 5.74) is 4.93. The SMILES string of the molecule is CC(=O)N1CCCC1COCC(N)=O. The molecule has 1 rings (SSSR count). The Bertz CT molecular complexity index is 230. The number of nitrogens with two attached hydrogens (primary N) is 1. The van der Waals surface area contributed by atoms with Gasteiger partial charge in [-0.1, -0.05) is 0 Å². The molecule has 14 heavy (non-hydrogen) atoms. The highest BCUT2D eigenvalue weighted by Crippen LogP contribution is 2.17. The van der Waals surface area contributed by atoms with E-state index in [1.807, 2.05) is 0 Å². The van der Waals surface area contributed by atoms with Gasteiger partial charge in [0.15, 0.2) is 0 Å². The first-order valence-electron chi connectivity index (χ1n) is 4.74. The number of rotatable bonds is 4. The maximum Gasteiger partial charge on any atom is 0.243 e. The number of nitrogens with zero attached hydrogens (tertiary/aromatic N) is 1. The molecule has 1 fully saturated rings. The molecule has 80 valence electrons. The first kappa shape index (κ1) is 11.0. The summed E-state index contributed by atoms with van der Waals surface area (Å²) in [4.78, 5) is 23.3. The molecule has 2 amide bonds. The van der Waals surface area contributed by atoms with Gasteiger partial charge in [0.05, 0.1) is 12.6 Å². The summed E-state index contributed by atoms with van der Waals surface area (Å²) in [6.45, 7) is 2.68. The molecule has 1 heterocycles. The van der Waals surface area contributed by atoms with Crippen molar-refractivity contribution in [1.82, 2.24) is 4.90 Å². The lowest BCUT2D eigenvalue weighted by molar-refractivity contribution is -0.131. The predicted molar refractivity (Wildman–Crippen MR) is 50.4 cm³/mol. The van der Waals surface area contributed by atoms with E-state index in [0.29, 0.717) is 6.61 Å². The van der Waals surface area contributed by atoms with Crippen molar-refractivity contribution in [2.75, 3.05) is 19.8 Å². The monoisotopic (exact) mass is 200 g/mol. The van der Waals surface area contributed by atoms with Gasteiger partial charge in [-0.15, -0.1) is 0 Å². The molecule has 2 N–H and O–H groups in total. The fourth-order valence-corrected chi connectivity index (χ4v) is 1.72. The van der Waals surface area contributed by atoms with Gasteiger partial charge in [-0.3, -0.25) is 9.59 Å². The van der Waals surface area contributed by atoms with E-state index >= 15 is 0 Å². The van der Waals surface area contributed by atoms with Crippen molar-refractivity contribution in [2.24, 2.45) is 5.73 Å². The second-order valence-corrected chi connectivity index (χ2v) is 3.49. The van der Waals surface area contributed by atoms with E-state index in [-0.39, 0.29) is 18.6 Å². The second kappa shape index (κ2) is 4.95. The van der Waals surface area contributed by atoms with Gasteiger partial charge in [-0.2, -0.15) is 0 Å². The lowest BCUT2D eigenvalue weighted by atomic mass is 10.2. The Morgan fingerprint density at radius 2 is 2.29 bits per heavy atom. The molecule has 0 bridgehead atoms. The Kier molecular flexibility index (Phi) is 3.88. The Hall–Kier alpha value is -1.10. The molecule has 1 aliphatic rings. The molecular formula is C9H16N2O3. The number of amides is 2. The van der Waals surface area contributed by atoms with Gasteiger partial charge in [0, 0.05) is 13.5 Å². The van der Waals surface area contributed by atoms with Crippen molar-refractivity contribution in [1.29, 1.82) is 0 Å². The second-order valence-electron chi connectivity index (χ2n) is 3.49. The number of ether oxygens (including phenoxy) is 1. The normalized spacial score (nSPS) is 21.2. The van der Waals surface area contributed by atoms with Crippen LogP contribution in [0.25, 0.3) is 0 Å². The topological polar surface area (TPSA) is 72.6 Å². The molecule has 0 aliphatic carbocycles. The lowest BCUT2D eigenvalue weighted by Gasteiger charge is -2.22. The zero-order valence-corrected chi connectivity index (χ0v) is 8.36. The van der Waals surface area contributed by atoms with Crippen LogP contribution in [0, 0.1) is 0 Å². The van der Waals surface area contributed by atoms with Crippen LogP contribution in [0.4, 0.5) is 0 Å². The Morgan fingerprint density at radius 1 is 1.57 bits per heavy atom. The van der Waals surface area contributed by atoms with E-state index in [0.717, 1.165) is 19.4 Å². The minimum absolute atomic E-state index is 0.0650. The molecule has 5 heteroatoms. The van der Waals surface area contributed by atoms with Crippen molar-refractivity contribution >= 4 is 11.8 Å². The molecule has 0 radical (unpaired) electrons. The van der Waals surface area contributed by atoms with Gasteiger partial charge in [0.1, 0.15) is 6.61 Å². The maximum atomic E-state index is 11.1. The first-order chi connectivity index (χ1) is 6.61. The predicted octanol–water partition coefficient (Wildman–Crippen LogP) is -0.501. The van der Waals surface area contributed by atoms with Crippen molar-refractivity contribution in [3.63, 3.8) is 0 Å². The van der Waals surface area contributed by atoms with Crippen LogP contribution in [0.3, 0.4) is 0 Å². The molecule has 1 unspecified atom stereocenters. The van der Waals surface area contributed by atoms with Crippen LogP contribution in [0.5, 0.6) is 0 Å². The summed E-state index contributed by atoms with van der Waals surface area (Å²) >= 11 is 0. The third kappa shape index (κ3) is 2.99. The molecular weight excluding hydrogens is 184 g/mol. The van der Waals surface area contributed by atoms with Crippen LogP contribution in [0.15, 0.2) is 0 Å². The molecule has 0 aromatic rings. The lowest BCUT2D eigenvalue weighted by Crippen LogP contribution is -2.37. The van der Waals surface area contributed by atoms with Gasteiger partial charge in [0.25, 0.3) is 0 Å². The summed E-state index contributed by atoms with van der Waals surface area (Å²) in [7, 11) is 0. The van der Waals surface area contributed by atoms with Crippen molar-refractivity contribution < 1.29 is 14.3 Å². The summed E-state index contributed by atoms with van der Waals surface area (Å²) < 4.78 is 5.09. The molecule has 0 aromatic heterocycles. The maximum absolute atomic E-state index is 11.1. The quantitative estimate of drug-likeness (QED) is 0.665. The standard InChI is InChI=1S/C9H16N2O3/c1-7(12)11-4-2-3-8(11)5-14-6-9(10)13/h8H,2-6H2,1H3,(H2,10,13). The molecule has 0 aromatic carbocycles. The molecule has 0 saturated carbocycles. The fraction of sp³-hybridized carbons (Fsp3) is 0.778. The third-order valence-electron chi connectivity index (χ3n) is 2.34. The van der Waals surface area contributed by atoms with Crippen molar-refractivity contribution in [3.05, 3.63) is 0 Å². The van der Waals surface area contributed by atoms with Gasteiger partial charge in [0.2, 0.25) is 11.8 Å². The molecule has 1 atom stereocenters. The van der Waals surface area contributed by atoms with E-state index in [9.17, 15) is 9.59 Å².